The fourth-order valence-electron chi connectivity index (χ4n) is 3.05. The van der Waals surface area contributed by atoms with Crippen molar-refractivity contribution in [1.82, 2.24) is 14.3 Å². The molecule has 0 bridgehead atoms. The number of aromatic nitrogens is 3. The Morgan fingerprint density at radius 3 is 2.85 bits per heavy atom. The molecule has 106 valence electrons. The van der Waals surface area contributed by atoms with E-state index in [2.05, 4.69) is 29.7 Å². The Hall–Kier alpha value is -1.84. The quantitative estimate of drug-likeness (QED) is 0.857. The van der Waals surface area contributed by atoms with Gasteiger partial charge in [0.05, 0.1) is 0 Å². The Labute approximate surface area is 119 Å². The van der Waals surface area contributed by atoms with Crippen LogP contribution in [-0.2, 0) is 19.5 Å². The lowest BCUT2D eigenvalue weighted by Crippen LogP contribution is -2.28. The first kappa shape index (κ1) is 13.2. The Morgan fingerprint density at radius 2 is 2.10 bits per heavy atom. The molecule has 2 aromatic rings. The normalized spacial score (nSPS) is 17.2. The fraction of sp³-hybridized carbons (Fsp3) is 0.500. The Bertz CT molecular complexity index is 608. The first-order valence-corrected chi connectivity index (χ1v) is 7.24. The zero-order chi connectivity index (χ0) is 14.2. The van der Waals surface area contributed by atoms with Gasteiger partial charge in [0.15, 0.2) is 5.78 Å². The number of hydrogen-bond acceptors (Lipinski definition) is 2. The molecule has 0 aliphatic heterocycles. The second-order valence-electron chi connectivity index (χ2n) is 6.43. The van der Waals surface area contributed by atoms with Crippen LogP contribution < -0.4 is 0 Å². The molecule has 4 heteroatoms. The Kier molecular flexibility index (Phi) is 3.24. The summed E-state index contributed by atoms with van der Waals surface area (Å²) in [5, 5.41) is 4.21. The van der Waals surface area contributed by atoms with Crippen molar-refractivity contribution in [3.63, 3.8) is 0 Å². The van der Waals surface area contributed by atoms with Gasteiger partial charge in [-0.15, -0.1) is 0 Å². The average Bonchev–Trinajstić information content (AvgIpc) is 2.98. The van der Waals surface area contributed by atoms with Crippen molar-refractivity contribution in [3.05, 3.63) is 42.0 Å². The summed E-state index contributed by atoms with van der Waals surface area (Å²) in [4.78, 5) is 12.1. The van der Waals surface area contributed by atoms with Crippen LogP contribution >= 0.6 is 0 Å². The topological polar surface area (TPSA) is 39.8 Å². The van der Waals surface area contributed by atoms with E-state index in [-0.39, 0.29) is 5.41 Å². The fourth-order valence-corrected chi connectivity index (χ4v) is 3.05. The van der Waals surface area contributed by atoms with E-state index >= 15 is 0 Å². The van der Waals surface area contributed by atoms with Gasteiger partial charge in [-0.3, -0.25) is 9.48 Å². The van der Waals surface area contributed by atoms with Crippen molar-refractivity contribution in [2.45, 2.75) is 46.2 Å². The van der Waals surface area contributed by atoms with Crippen molar-refractivity contribution in [3.8, 4) is 0 Å². The van der Waals surface area contributed by atoms with Gasteiger partial charge in [0.2, 0.25) is 0 Å². The third-order valence-corrected chi connectivity index (χ3v) is 4.01. The van der Waals surface area contributed by atoms with Crippen molar-refractivity contribution in [1.29, 1.82) is 0 Å². The first-order valence-electron chi connectivity index (χ1n) is 7.24. The van der Waals surface area contributed by atoms with E-state index in [9.17, 15) is 4.79 Å². The molecule has 0 radical (unpaired) electrons. The lowest BCUT2D eigenvalue weighted by Gasteiger charge is -2.29. The molecule has 4 nitrogen and oxygen atoms in total. The average molecular weight is 271 g/mol. The third kappa shape index (κ3) is 2.55. The zero-order valence-corrected chi connectivity index (χ0v) is 12.2. The molecule has 0 fully saturated rings. The van der Waals surface area contributed by atoms with Gasteiger partial charge in [-0.25, -0.2) is 0 Å². The van der Waals surface area contributed by atoms with Crippen LogP contribution in [0.3, 0.4) is 0 Å². The molecule has 1 aliphatic carbocycles. The number of aryl methyl sites for hydroxylation is 2. The first-order chi connectivity index (χ1) is 9.55. The molecule has 20 heavy (non-hydrogen) atoms. The molecule has 0 spiro atoms. The van der Waals surface area contributed by atoms with Gasteiger partial charge in [0, 0.05) is 49.4 Å². The van der Waals surface area contributed by atoms with Crippen LogP contribution in [0.2, 0.25) is 0 Å². The van der Waals surface area contributed by atoms with Crippen LogP contribution in [0.5, 0.6) is 0 Å². The monoisotopic (exact) mass is 271 g/mol. The molecule has 2 aromatic heterocycles. The maximum absolute atomic E-state index is 12.1. The zero-order valence-electron chi connectivity index (χ0n) is 12.2. The summed E-state index contributed by atoms with van der Waals surface area (Å²) in [5.41, 5.74) is 2.23. The number of nitrogens with zero attached hydrogens (tertiary/aromatic N) is 3. The second kappa shape index (κ2) is 4.93. The molecule has 3 rings (SSSR count). The van der Waals surface area contributed by atoms with Crippen LogP contribution in [0.25, 0.3) is 0 Å². The minimum atomic E-state index is 0.0855. The maximum atomic E-state index is 12.1. The van der Waals surface area contributed by atoms with Crippen molar-refractivity contribution in [2.75, 3.05) is 0 Å². The SMILES string of the molecule is CC1(C)CC(=O)c2ccn(CCCn3cccn3)c2C1. The molecular weight excluding hydrogens is 250 g/mol. The molecule has 0 N–H and O–H groups in total. The highest BCUT2D eigenvalue weighted by molar-refractivity contribution is 5.98. The summed E-state index contributed by atoms with van der Waals surface area (Å²) in [6.45, 7) is 6.21. The molecule has 0 aromatic carbocycles. The summed E-state index contributed by atoms with van der Waals surface area (Å²) in [6.07, 6.45) is 8.53. The van der Waals surface area contributed by atoms with Crippen LogP contribution in [0.15, 0.2) is 30.7 Å². The van der Waals surface area contributed by atoms with Gasteiger partial charge >= 0.3 is 0 Å². The van der Waals surface area contributed by atoms with Gasteiger partial charge in [0.25, 0.3) is 0 Å². The van der Waals surface area contributed by atoms with E-state index < -0.39 is 0 Å². The predicted molar refractivity (Wildman–Crippen MR) is 77.7 cm³/mol. The second-order valence-corrected chi connectivity index (χ2v) is 6.43. The Balaban J connectivity index is 1.71. The number of rotatable bonds is 4. The van der Waals surface area contributed by atoms with E-state index in [1.165, 1.54) is 5.69 Å². The summed E-state index contributed by atoms with van der Waals surface area (Å²) < 4.78 is 4.20. The number of carbonyl (C=O) groups excluding carboxylic acids is 1. The van der Waals surface area contributed by atoms with Crippen LogP contribution in [0.1, 0.15) is 42.7 Å². The number of hydrogen-bond donors (Lipinski definition) is 0. The molecule has 2 heterocycles. The lowest BCUT2D eigenvalue weighted by molar-refractivity contribution is 0.0910. The van der Waals surface area contributed by atoms with Crippen LogP contribution in [0, 0.1) is 5.41 Å². The summed E-state index contributed by atoms with van der Waals surface area (Å²) in [7, 11) is 0. The number of carbonyl (C=O) groups is 1. The van der Waals surface area contributed by atoms with Crippen LogP contribution in [0.4, 0.5) is 0 Å². The van der Waals surface area contributed by atoms with Gasteiger partial charge in [-0.05, 0) is 30.4 Å². The highest BCUT2D eigenvalue weighted by Gasteiger charge is 2.32. The van der Waals surface area contributed by atoms with Gasteiger partial charge in [-0.1, -0.05) is 13.8 Å². The molecule has 0 unspecified atom stereocenters. The molecule has 0 amide bonds. The minimum absolute atomic E-state index is 0.0855. The molecule has 0 saturated heterocycles. The van der Waals surface area contributed by atoms with Gasteiger partial charge in [-0.2, -0.15) is 5.10 Å². The summed E-state index contributed by atoms with van der Waals surface area (Å²) in [6, 6.07) is 3.93. The maximum Gasteiger partial charge on any atom is 0.165 e. The van der Waals surface area contributed by atoms with Crippen molar-refractivity contribution in [2.24, 2.45) is 5.41 Å². The van der Waals surface area contributed by atoms with E-state index in [4.69, 9.17) is 0 Å². The third-order valence-electron chi connectivity index (χ3n) is 4.01. The molecule has 1 aliphatic rings. The summed E-state index contributed by atoms with van der Waals surface area (Å²) >= 11 is 0. The summed E-state index contributed by atoms with van der Waals surface area (Å²) in [5.74, 6) is 0.294. The van der Waals surface area contributed by atoms with E-state index in [0.717, 1.165) is 31.5 Å². The van der Waals surface area contributed by atoms with E-state index in [1.807, 2.05) is 23.0 Å². The van der Waals surface area contributed by atoms with E-state index in [1.54, 1.807) is 6.20 Å². The number of fused-ring (bicyclic) bond motifs is 1. The van der Waals surface area contributed by atoms with E-state index in [0.29, 0.717) is 12.2 Å². The number of ketones is 1. The van der Waals surface area contributed by atoms with Crippen molar-refractivity contribution < 1.29 is 4.79 Å². The molecule has 0 atom stereocenters. The highest BCUT2D eigenvalue weighted by Crippen LogP contribution is 2.35. The predicted octanol–water partition coefficient (Wildman–Crippen LogP) is 2.93. The van der Waals surface area contributed by atoms with Gasteiger partial charge in [0.1, 0.15) is 0 Å². The molecule has 0 saturated carbocycles. The van der Waals surface area contributed by atoms with Gasteiger partial charge < -0.3 is 4.57 Å². The minimum Gasteiger partial charge on any atom is -0.351 e. The largest absolute Gasteiger partial charge is 0.351 e. The highest BCUT2D eigenvalue weighted by atomic mass is 16.1. The Morgan fingerprint density at radius 1 is 1.25 bits per heavy atom. The molecular formula is C16H21N3O. The lowest BCUT2D eigenvalue weighted by atomic mass is 9.76. The van der Waals surface area contributed by atoms with Crippen LogP contribution in [-0.4, -0.2) is 20.1 Å². The van der Waals surface area contributed by atoms with Crippen molar-refractivity contribution >= 4 is 5.78 Å². The standard InChI is InChI=1S/C16H21N3O/c1-16(2)11-14-13(15(20)12-16)5-10-18(14)7-4-9-19-8-3-6-17-19/h3,5-6,8,10H,4,7,9,11-12H2,1-2H3. The number of Topliss-reactive ketones (excluding diaryl/α,β-unsaturated/α-hetero) is 1. The smallest absolute Gasteiger partial charge is 0.165 e.